The molecular formula is C98H77B3N8OS2. The highest BCUT2D eigenvalue weighted by Gasteiger charge is 2.50. The van der Waals surface area contributed by atoms with Gasteiger partial charge in [0.15, 0.2) is 0 Å². The van der Waals surface area contributed by atoms with Gasteiger partial charge in [-0.3, -0.25) is 8.61 Å². The Bertz CT molecular complexity index is 6160. The first-order valence-corrected chi connectivity index (χ1v) is 41.0. The fraction of sp³-hybridized carbons (Fsp3) is 0.0816. The van der Waals surface area contributed by atoms with E-state index in [1.807, 2.05) is 0 Å². The summed E-state index contributed by atoms with van der Waals surface area (Å²) in [5.74, 6) is 1.66. The van der Waals surface area contributed by atoms with E-state index >= 15 is 0 Å². The predicted octanol–water partition coefficient (Wildman–Crippen LogP) is 20.7. The quantitative estimate of drug-likeness (QED) is 0.0887. The van der Waals surface area contributed by atoms with Crippen molar-refractivity contribution in [2.45, 2.75) is 41.5 Å². The fourth-order valence-electron chi connectivity index (χ4n) is 18.4. The molecule has 21 rings (SSSR count). The number of hydrogen-bond donors (Lipinski definition) is 1. The zero-order valence-corrected chi connectivity index (χ0v) is 65.2. The van der Waals surface area contributed by atoms with Crippen molar-refractivity contribution >= 4 is 213 Å². The molecule has 15 aromatic rings. The highest BCUT2D eigenvalue weighted by Crippen LogP contribution is 2.52. The number of anilines is 21. The van der Waals surface area contributed by atoms with E-state index in [0.29, 0.717) is 0 Å². The second-order valence-corrected chi connectivity index (χ2v) is 32.1. The zero-order valence-electron chi connectivity index (χ0n) is 63.6. The summed E-state index contributed by atoms with van der Waals surface area (Å²) in [6.45, 7) is 12.4. The van der Waals surface area contributed by atoms with Crippen molar-refractivity contribution in [3.05, 3.63) is 349 Å². The van der Waals surface area contributed by atoms with E-state index in [0.717, 1.165) is 142 Å². The van der Waals surface area contributed by atoms with Crippen LogP contribution >= 0.6 is 23.9 Å². The monoisotopic (exact) mass is 1480 g/mol. The Balaban J connectivity index is 0.816. The fourth-order valence-corrected chi connectivity index (χ4v) is 19.8. The van der Waals surface area contributed by atoms with Crippen molar-refractivity contribution in [2.75, 3.05) is 50.9 Å². The maximum atomic E-state index is 7.92. The molecule has 112 heavy (non-hydrogen) atoms. The Hall–Kier alpha value is -12.6. The summed E-state index contributed by atoms with van der Waals surface area (Å²) in [5, 5.41) is 4.28. The van der Waals surface area contributed by atoms with E-state index in [1.54, 1.807) is 23.9 Å². The van der Waals surface area contributed by atoms with E-state index in [9.17, 15) is 0 Å². The van der Waals surface area contributed by atoms with Crippen LogP contribution in [0.4, 0.5) is 119 Å². The van der Waals surface area contributed by atoms with E-state index in [1.165, 1.54) is 71.6 Å². The van der Waals surface area contributed by atoms with E-state index < -0.39 is 0 Å². The average molecular weight is 1480 g/mol. The molecule has 0 saturated carbocycles. The van der Waals surface area contributed by atoms with Gasteiger partial charge >= 0.3 is 0 Å². The highest BCUT2D eigenvalue weighted by atomic mass is 32.2. The molecule has 0 spiro atoms. The van der Waals surface area contributed by atoms with Crippen LogP contribution < -0.4 is 92.3 Å². The third-order valence-electron chi connectivity index (χ3n) is 23.6. The van der Waals surface area contributed by atoms with Gasteiger partial charge in [-0.25, -0.2) is 0 Å². The van der Waals surface area contributed by atoms with Crippen LogP contribution in [0.2, 0.25) is 0 Å². The van der Waals surface area contributed by atoms with E-state index in [4.69, 9.17) is 4.74 Å². The van der Waals surface area contributed by atoms with Gasteiger partial charge in [0.05, 0.1) is 34.1 Å². The zero-order chi connectivity index (χ0) is 75.3. The summed E-state index contributed by atoms with van der Waals surface area (Å²) in [6, 6.07) is 118. The number of rotatable bonds is 13. The minimum Gasteiger partial charge on any atom is -0.458 e. The summed E-state index contributed by atoms with van der Waals surface area (Å²) in [7, 11) is 0. The Morgan fingerprint density at radius 1 is 0.259 bits per heavy atom. The van der Waals surface area contributed by atoms with Gasteiger partial charge in [0.2, 0.25) is 0 Å². The summed E-state index contributed by atoms with van der Waals surface area (Å²) in [5.41, 5.74) is 41.1. The lowest BCUT2D eigenvalue weighted by atomic mass is 9.29. The molecule has 6 aliphatic rings. The van der Waals surface area contributed by atoms with Gasteiger partial charge < -0.3 is 34.6 Å². The molecule has 0 aliphatic carbocycles. The molecule has 0 unspecified atom stereocenters. The van der Waals surface area contributed by atoms with Crippen LogP contribution in [0.15, 0.2) is 315 Å². The van der Waals surface area contributed by atoms with E-state index in [-0.39, 0.29) is 20.1 Å². The first kappa shape index (κ1) is 67.5. The van der Waals surface area contributed by atoms with Gasteiger partial charge in [-0.2, -0.15) is 0 Å². The molecule has 6 aliphatic heterocycles. The van der Waals surface area contributed by atoms with Crippen molar-refractivity contribution in [3.8, 4) is 11.5 Å². The molecule has 0 amide bonds. The first-order valence-electron chi connectivity index (χ1n) is 38.6. The number of nitrogens with one attached hydrogen (secondary N) is 1. The lowest BCUT2D eigenvalue weighted by Gasteiger charge is -2.45. The molecule has 9 nitrogen and oxygen atoms in total. The Morgan fingerprint density at radius 3 is 1.04 bits per heavy atom. The minimum atomic E-state index is -0.285. The van der Waals surface area contributed by atoms with Crippen LogP contribution in [-0.2, 0) is 0 Å². The molecule has 536 valence electrons. The van der Waals surface area contributed by atoms with Gasteiger partial charge in [-0.1, -0.05) is 191 Å². The number of para-hydroxylation sites is 4. The molecular weight excluding hydrogens is 1400 g/mol. The summed E-state index contributed by atoms with van der Waals surface area (Å²) >= 11 is 3.49. The number of nitrogens with zero attached hydrogens (tertiary/aromatic N) is 7. The molecule has 0 atom stereocenters. The third-order valence-corrected chi connectivity index (χ3v) is 25.1. The highest BCUT2D eigenvalue weighted by molar-refractivity contribution is 8.00. The second kappa shape index (κ2) is 26.6. The van der Waals surface area contributed by atoms with Crippen LogP contribution in [0.1, 0.15) is 33.4 Å². The SMILES string of the molecule is CSN1c2cc3c(cc2B2c4cc5c(cc4Oc4cc(N(c6ccc(C)cc6)c6ccc(C)cc6)cc1c42)N(SC)c1cc(N(c2ccc(C)cc2)c2ccc(C)cc2)cc2c1B5c1ccccc1N2c1ccccc1)B1c2ccccc2N(c2ccccc2)c2cc(N(c4ccc(C)cc4)c4ccc(C)cc4)cc(c21)N3. The maximum Gasteiger partial charge on any atom is 0.256 e. The molecule has 0 aromatic heterocycles. The molecule has 15 aromatic carbocycles. The van der Waals surface area contributed by atoms with Gasteiger partial charge in [-0.15, -0.1) is 0 Å². The van der Waals surface area contributed by atoms with Crippen molar-refractivity contribution in [1.29, 1.82) is 0 Å². The number of ether oxygens (including phenoxy) is 1. The lowest BCUT2D eigenvalue weighted by Crippen LogP contribution is -2.65. The average Bonchev–Trinajstić information content (AvgIpc) is 0.689. The van der Waals surface area contributed by atoms with Crippen LogP contribution in [0.5, 0.6) is 11.5 Å². The normalized spacial score (nSPS) is 13.3. The van der Waals surface area contributed by atoms with Crippen molar-refractivity contribution < 1.29 is 4.74 Å². The number of benzene rings is 15. The summed E-state index contributed by atoms with van der Waals surface area (Å²) in [4.78, 5) is 12.3. The smallest absolute Gasteiger partial charge is 0.256 e. The van der Waals surface area contributed by atoms with Gasteiger partial charge in [0.1, 0.15) is 11.5 Å². The van der Waals surface area contributed by atoms with Gasteiger partial charge in [0, 0.05) is 110 Å². The van der Waals surface area contributed by atoms with Crippen molar-refractivity contribution in [2.24, 2.45) is 0 Å². The first-order chi connectivity index (χ1) is 54.9. The second-order valence-electron chi connectivity index (χ2n) is 30.6. The van der Waals surface area contributed by atoms with Crippen LogP contribution in [0, 0.1) is 41.5 Å². The van der Waals surface area contributed by atoms with Crippen molar-refractivity contribution in [3.63, 3.8) is 0 Å². The summed E-state index contributed by atoms with van der Waals surface area (Å²) in [6.07, 6.45) is 4.46. The molecule has 0 saturated heterocycles. The minimum absolute atomic E-state index is 0.162. The standard InChI is InChI=1S/C98H77B3N8OS2/c1-61-27-39-69(40-28-61)103(70-41-29-62(2)30-42-70)75-51-85-96-90(52-75)106(67-19-11-9-12-20-67)86-25-17-15-23-78(86)99(96)80-57-81-88(59-84(80)102-85)108(111-7)93-55-77(105(73-47-35-65(5)36-48-73)74-49-37-66(6)38-50-74)56-95-98(93)101(81)83-58-82-89(60-94(83)110-95)109(112-8)92-54-76(104(71-43-31-63(3)32-44-71)72-45-33-64(4)34-46-72)53-91-97(92)100(82)79-24-16-18-26-87(79)107(91)68-21-13-10-14-22-68/h9-60,102H,1-8H3. The van der Waals surface area contributed by atoms with Crippen LogP contribution in [0.3, 0.4) is 0 Å². The van der Waals surface area contributed by atoms with E-state index in [2.05, 4.69) is 408 Å². The topological polar surface area (TPSA) is 43.9 Å². The largest absolute Gasteiger partial charge is 0.458 e. The van der Waals surface area contributed by atoms with Gasteiger partial charge in [-0.05, 0) is 260 Å². The Labute approximate surface area is 665 Å². The summed E-state index contributed by atoms with van der Waals surface area (Å²) < 4.78 is 12.9. The lowest BCUT2D eigenvalue weighted by molar-refractivity contribution is 0.488. The number of aryl methyl sites for hydroxylation is 6. The Kier molecular flexibility index (Phi) is 16.0. The molecule has 6 heterocycles. The number of fused-ring (bicyclic) bond motifs is 12. The van der Waals surface area contributed by atoms with Crippen molar-refractivity contribution in [1.82, 2.24) is 0 Å². The molecule has 14 heteroatoms. The maximum absolute atomic E-state index is 7.92. The number of hydrogen-bond acceptors (Lipinski definition) is 11. The van der Waals surface area contributed by atoms with Crippen LogP contribution in [-0.4, -0.2) is 32.6 Å². The Morgan fingerprint density at radius 2 is 0.607 bits per heavy atom. The molecule has 0 fully saturated rings. The molecule has 0 bridgehead atoms. The van der Waals surface area contributed by atoms with Gasteiger partial charge in [0.25, 0.3) is 20.1 Å². The molecule has 1 N–H and O–H groups in total. The van der Waals surface area contributed by atoms with Crippen LogP contribution in [0.25, 0.3) is 0 Å². The molecule has 0 radical (unpaired) electrons. The third kappa shape index (κ3) is 10.8. The predicted molar refractivity (Wildman–Crippen MR) is 483 cm³/mol.